The van der Waals surface area contributed by atoms with Gasteiger partial charge in [0.15, 0.2) is 0 Å². The van der Waals surface area contributed by atoms with Gasteiger partial charge in [-0.1, -0.05) is 0 Å². The molecule has 4 rings (SSSR count). The number of nitrogens with zero attached hydrogens (tertiary/aromatic N) is 4. The van der Waals surface area contributed by atoms with Gasteiger partial charge in [0.25, 0.3) is 5.91 Å². The van der Waals surface area contributed by atoms with Crippen molar-refractivity contribution in [1.29, 1.82) is 0 Å². The van der Waals surface area contributed by atoms with Gasteiger partial charge in [-0.05, 0) is 6.92 Å². The number of rotatable bonds is 1. The zero-order valence-electron chi connectivity index (χ0n) is 10.9. The first-order valence-electron chi connectivity index (χ1n) is 6.32. The second-order valence-corrected chi connectivity index (χ2v) is 5.81. The Morgan fingerprint density at radius 2 is 2.30 bits per heavy atom. The maximum absolute atomic E-state index is 12.2. The van der Waals surface area contributed by atoms with E-state index in [-0.39, 0.29) is 5.91 Å². The van der Waals surface area contributed by atoms with Crippen LogP contribution in [-0.2, 0) is 16.9 Å². The summed E-state index contributed by atoms with van der Waals surface area (Å²) in [5, 5.41) is 1.77. The van der Waals surface area contributed by atoms with Gasteiger partial charge in [0.1, 0.15) is 17.1 Å². The van der Waals surface area contributed by atoms with Gasteiger partial charge in [0.05, 0.1) is 30.9 Å². The van der Waals surface area contributed by atoms with Crippen molar-refractivity contribution in [3.05, 3.63) is 39.9 Å². The monoisotopic (exact) mass is 288 g/mol. The van der Waals surface area contributed by atoms with E-state index >= 15 is 0 Å². The number of thiazole rings is 1. The van der Waals surface area contributed by atoms with E-state index in [2.05, 4.69) is 15.0 Å². The highest BCUT2D eigenvalue weighted by Crippen LogP contribution is 2.42. The average Bonchev–Trinajstić information content (AvgIpc) is 3.03. The van der Waals surface area contributed by atoms with Crippen LogP contribution in [-0.4, -0.2) is 38.8 Å². The molecule has 6 nitrogen and oxygen atoms in total. The predicted molar refractivity (Wildman–Crippen MR) is 71.3 cm³/mol. The minimum Gasteiger partial charge on any atom is -0.360 e. The van der Waals surface area contributed by atoms with E-state index < -0.39 is 5.60 Å². The average molecular weight is 288 g/mol. The molecule has 2 aromatic heterocycles. The zero-order valence-corrected chi connectivity index (χ0v) is 11.7. The van der Waals surface area contributed by atoms with Crippen LogP contribution in [0.2, 0.25) is 0 Å². The van der Waals surface area contributed by atoms with Crippen LogP contribution in [0.3, 0.4) is 0 Å². The molecule has 7 heteroatoms. The minimum atomic E-state index is -0.408. The van der Waals surface area contributed by atoms with Crippen molar-refractivity contribution in [2.75, 3.05) is 13.1 Å². The summed E-state index contributed by atoms with van der Waals surface area (Å²) in [5.41, 5.74) is 3.72. The summed E-state index contributed by atoms with van der Waals surface area (Å²) in [4.78, 5) is 26.6. The van der Waals surface area contributed by atoms with Gasteiger partial charge in [0.2, 0.25) is 0 Å². The third-order valence-corrected chi connectivity index (χ3v) is 4.38. The number of ether oxygens (including phenoxy) is 1. The third kappa shape index (κ3) is 1.60. The molecule has 1 fully saturated rings. The largest absolute Gasteiger partial charge is 0.360 e. The highest BCUT2D eigenvalue weighted by Gasteiger charge is 2.52. The molecule has 20 heavy (non-hydrogen) atoms. The van der Waals surface area contributed by atoms with Crippen molar-refractivity contribution < 1.29 is 9.53 Å². The predicted octanol–water partition coefficient (Wildman–Crippen LogP) is 1.12. The number of likely N-dealkylation sites (tertiary alicyclic amines) is 1. The second kappa shape index (κ2) is 4.07. The maximum Gasteiger partial charge on any atom is 0.273 e. The molecule has 0 atom stereocenters. The number of fused-ring (bicyclic) bond motifs is 2. The van der Waals surface area contributed by atoms with Crippen LogP contribution < -0.4 is 0 Å². The third-order valence-electron chi connectivity index (χ3n) is 3.80. The number of carbonyl (C=O) groups excluding carboxylic acids is 1. The quantitative estimate of drug-likeness (QED) is 0.786. The Labute approximate surface area is 119 Å². The van der Waals surface area contributed by atoms with E-state index in [9.17, 15) is 4.79 Å². The van der Waals surface area contributed by atoms with E-state index in [1.807, 2.05) is 13.1 Å². The summed E-state index contributed by atoms with van der Waals surface area (Å²) in [6, 6.07) is 0. The molecule has 0 N–H and O–H groups in total. The zero-order chi connectivity index (χ0) is 13.7. The Bertz CT molecular complexity index is 680. The SMILES string of the molecule is Cc1ncc2c(n1)COC21CN(C(=O)c2cscn2)C1. The number of aromatic nitrogens is 3. The van der Waals surface area contributed by atoms with Crippen LogP contribution >= 0.6 is 11.3 Å². The molecular weight excluding hydrogens is 276 g/mol. The lowest BCUT2D eigenvalue weighted by molar-refractivity contribution is -0.126. The first-order valence-corrected chi connectivity index (χ1v) is 7.27. The fourth-order valence-electron chi connectivity index (χ4n) is 2.75. The number of amides is 1. The van der Waals surface area contributed by atoms with Crippen molar-refractivity contribution in [2.45, 2.75) is 19.1 Å². The summed E-state index contributed by atoms with van der Waals surface area (Å²) in [6.07, 6.45) is 1.83. The fourth-order valence-corrected chi connectivity index (χ4v) is 3.27. The van der Waals surface area contributed by atoms with Gasteiger partial charge in [-0.3, -0.25) is 4.79 Å². The summed E-state index contributed by atoms with van der Waals surface area (Å²) >= 11 is 1.42. The van der Waals surface area contributed by atoms with Crippen molar-refractivity contribution in [3.63, 3.8) is 0 Å². The summed E-state index contributed by atoms with van der Waals surface area (Å²) in [6.45, 7) is 3.45. The standard InChI is InChI=1S/C13H12N4O2S/c1-8-14-2-9-10(16-8)3-19-13(9)5-17(6-13)12(18)11-4-20-7-15-11/h2,4,7H,3,5-6H2,1H3. The Balaban J connectivity index is 1.56. The van der Waals surface area contributed by atoms with E-state index in [0.29, 0.717) is 25.4 Å². The van der Waals surface area contributed by atoms with Gasteiger partial charge in [0, 0.05) is 17.1 Å². The van der Waals surface area contributed by atoms with Crippen LogP contribution in [0.1, 0.15) is 27.6 Å². The van der Waals surface area contributed by atoms with Crippen LogP contribution in [0.5, 0.6) is 0 Å². The van der Waals surface area contributed by atoms with E-state index in [1.165, 1.54) is 11.3 Å². The van der Waals surface area contributed by atoms with Crippen molar-refractivity contribution in [2.24, 2.45) is 0 Å². The molecule has 1 amide bonds. The molecule has 1 spiro atoms. The Hall–Kier alpha value is -1.86. The molecule has 0 saturated carbocycles. The number of aryl methyl sites for hydroxylation is 1. The maximum atomic E-state index is 12.2. The minimum absolute atomic E-state index is 0.0399. The van der Waals surface area contributed by atoms with Crippen molar-refractivity contribution in [3.8, 4) is 0 Å². The molecule has 0 unspecified atom stereocenters. The molecule has 0 radical (unpaired) electrons. The van der Waals surface area contributed by atoms with Gasteiger partial charge >= 0.3 is 0 Å². The summed E-state index contributed by atoms with van der Waals surface area (Å²) in [5.74, 6) is 0.709. The molecule has 102 valence electrons. The van der Waals surface area contributed by atoms with E-state index in [0.717, 1.165) is 17.1 Å². The molecule has 2 aliphatic rings. The van der Waals surface area contributed by atoms with Gasteiger partial charge in [-0.25, -0.2) is 15.0 Å². The van der Waals surface area contributed by atoms with Gasteiger partial charge < -0.3 is 9.64 Å². The number of hydrogen-bond donors (Lipinski definition) is 0. The van der Waals surface area contributed by atoms with E-state index in [4.69, 9.17) is 4.74 Å². The van der Waals surface area contributed by atoms with Crippen molar-refractivity contribution in [1.82, 2.24) is 19.9 Å². The Morgan fingerprint density at radius 1 is 1.45 bits per heavy atom. The van der Waals surface area contributed by atoms with Crippen LogP contribution in [0.15, 0.2) is 17.1 Å². The Kier molecular flexibility index (Phi) is 2.42. The lowest BCUT2D eigenvalue weighted by Crippen LogP contribution is -2.61. The first kappa shape index (κ1) is 11.9. The molecule has 2 aliphatic heterocycles. The normalized spacial score (nSPS) is 18.9. The Morgan fingerprint density at radius 3 is 3.05 bits per heavy atom. The number of hydrogen-bond acceptors (Lipinski definition) is 6. The highest BCUT2D eigenvalue weighted by atomic mass is 32.1. The first-order chi connectivity index (χ1) is 9.68. The topological polar surface area (TPSA) is 68.2 Å². The number of carbonyl (C=O) groups is 1. The van der Waals surface area contributed by atoms with Crippen LogP contribution in [0.4, 0.5) is 0 Å². The highest BCUT2D eigenvalue weighted by molar-refractivity contribution is 7.07. The van der Waals surface area contributed by atoms with Crippen LogP contribution in [0, 0.1) is 6.92 Å². The van der Waals surface area contributed by atoms with Gasteiger partial charge in [-0.15, -0.1) is 11.3 Å². The molecular formula is C13H12N4O2S. The fraction of sp³-hybridized carbons (Fsp3) is 0.385. The molecule has 1 saturated heterocycles. The lowest BCUT2D eigenvalue weighted by atomic mass is 9.87. The molecule has 0 aromatic carbocycles. The lowest BCUT2D eigenvalue weighted by Gasteiger charge is -2.46. The molecule has 0 aliphatic carbocycles. The molecule has 4 heterocycles. The molecule has 2 aromatic rings. The summed E-state index contributed by atoms with van der Waals surface area (Å²) in [7, 11) is 0. The smallest absolute Gasteiger partial charge is 0.273 e. The summed E-state index contributed by atoms with van der Waals surface area (Å²) < 4.78 is 5.89. The van der Waals surface area contributed by atoms with E-state index in [1.54, 1.807) is 15.8 Å². The van der Waals surface area contributed by atoms with Crippen molar-refractivity contribution >= 4 is 17.2 Å². The second-order valence-electron chi connectivity index (χ2n) is 5.10. The van der Waals surface area contributed by atoms with Crippen LogP contribution in [0.25, 0.3) is 0 Å². The van der Waals surface area contributed by atoms with Gasteiger partial charge in [-0.2, -0.15) is 0 Å². The molecule has 0 bridgehead atoms.